The molecule has 10 heteroatoms. The third-order valence-corrected chi connectivity index (χ3v) is 4.24. The van der Waals surface area contributed by atoms with Gasteiger partial charge in [0.25, 0.3) is 0 Å². The molecule has 0 aliphatic heterocycles. The van der Waals surface area contributed by atoms with E-state index in [1.165, 1.54) is 0 Å². The van der Waals surface area contributed by atoms with Crippen LogP contribution in [-0.4, -0.2) is 41.9 Å². The fourth-order valence-electron chi connectivity index (χ4n) is 2.38. The van der Waals surface area contributed by atoms with Crippen LogP contribution in [0.15, 0.2) is 22.7 Å². The second kappa shape index (κ2) is 11.2. The topological polar surface area (TPSA) is 111 Å². The van der Waals surface area contributed by atoms with Gasteiger partial charge < -0.3 is 19.3 Å². The minimum Gasteiger partial charge on any atom is -0.493 e. The molecule has 0 aliphatic rings. The molecule has 29 heavy (non-hydrogen) atoms. The number of methoxy groups -OCH3 is 2. The van der Waals surface area contributed by atoms with Gasteiger partial charge in [0, 0.05) is 24.9 Å². The van der Waals surface area contributed by atoms with E-state index in [0.29, 0.717) is 40.7 Å². The molecule has 0 fully saturated rings. The van der Waals surface area contributed by atoms with Gasteiger partial charge in [-0.3, -0.25) is 15.6 Å². The molecule has 0 spiro atoms. The van der Waals surface area contributed by atoms with Crippen molar-refractivity contribution in [1.29, 1.82) is 0 Å². The molecule has 1 amide bonds. The summed E-state index contributed by atoms with van der Waals surface area (Å²) >= 11 is 5.10. The van der Waals surface area contributed by atoms with Gasteiger partial charge >= 0.3 is 0 Å². The molecule has 158 valence electrons. The predicted octanol–water partition coefficient (Wildman–Crippen LogP) is 2.23. The van der Waals surface area contributed by atoms with Crippen LogP contribution in [0, 0.1) is 5.92 Å². The van der Waals surface area contributed by atoms with Gasteiger partial charge in [0.15, 0.2) is 16.6 Å². The summed E-state index contributed by atoms with van der Waals surface area (Å²) in [7, 11) is 3.12. The van der Waals surface area contributed by atoms with Crippen molar-refractivity contribution < 1.29 is 18.8 Å². The van der Waals surface area contributed by atoms with Crippen LogP contribution >= 0.6 is 12.2 Å². The van der Waals surface area contributed by atoms with Gasteiger partial charge in [-0.2, -0.15) is 4.98 Å². The largest absolute Gasteiger partial charge is 0.493 e. The van der Waals surface area contributed by atoms with Crippen LogP contribution in [0.4, 0.5) is 0 Å². The molecule has 0 bridgehead atoms. The maximum atomic E-state index is 12.0. The Balaban J connectivity index is 1.80. The van der Waals surface area contributed by atoms with Crippen molar-refractivity contribution in [1.82, 2.24) is 26.3 Å². The standard InChI is InChI=1S/C19H27N5O4S/c1-12(2)9-10-20-19(29)23-22-16(25)7-8-17-21-18(24-28-17)13-5-6-14(26-3)15(11-13)27-4/h5-6,11-12H,7-10H2,1-4H3,(H,22,25)(H2,20,23,29). The number of carbonyl (C=O) groups is 1. The lowest BCUT2D eigenvalue weighted by molar-refractivity contribution is -0.121. The normalized spacial score (nSPS) is 10.5. The smallest absolute Gasteiger partial charge is 0.238 e. The summed E-state index contributed by atoms with van der Waals surface area (Å²) in [6, 6.07) is 5.33. The van der Waals surface area contributed by atoms with E-state index >= 15 is 0 Å². The average molecular weight is 422 g/mol. The lowest BCUT2D eigenvalue weighted by Gasteiger charge is -2.12. The Morgan fingerprint density at radius 1 is 1.21 bits per heavy atom. The molecule has 3 N–H and O–H groups in total. The quantitative estimate of drug-likeness (QED) is 0.415. The maximum absolute atomic E-state index is 12.0. The third kappa shape index (κ3) is 7.22. The molecule has 0 aliphatic carbocycles. The summed E-state index contributed by atoms with van der Waals surface area (Å²) in [6.45, 7) is 5.02. The van der Waals surface area contributed by atoms with Crippen LogP contribution in [0.3, 0.4) is 0 Å². The highest BCUT2D eigenvalue weighted by Gasteiger charge is 2.13. The second-order valence-corrected chi connectivity index (χ2v) is 7.10. The highest BCUT2D eigenvalue weighted by Crippen LogP contribution is 2.31. The van der Waals surface area contributed by atoms with E-state index in [1.54, 1.807) is 32.4 Å². The lowest BCUT2D eigenvalue weighted by atomic mass is 10.1. The zero-order chi connectivity index (χ0) is 21.2. The molecule has 0 radical (unpaired) electrons. The lowest BCUT2D eigenvalue weighted by Crippen LogP contribution is -2.47. The third-order valence-electron chi connectivity index (χ3n) is 4.00. The number of nitrogens with one attached hydrogen (secondary N) is 3. The van der Waals surface area contributed by atoms with E-state index in [0.717, 1.165) is 18.5 Å². The average Bonchev–Trinajstić information content (AvgIpc) is 3.19. The molecule has 0 atom stereocenters. The molecule has 2 aromatic rings. The number of hydrazine groups is 1. The van der Waals surface area contributed by atoms with E-state index in [4.69, 9.17) is 26.2 Å². The van der Waals surface area contributed by atoms with E-state index in [1.807, 2.05) is 0 Å². The van der Waals surface area contributed by atoms with Crippen LogP contribution in [0.25, 0.3) is 11.4 Å². The van der Waals surface area contributed by atoms with Gasteiger partial charge in [0.05, 0.1) is 14.2 Å². The predicted molar refractivity (Wildman–Crippen MR) is 112 cm³/mol. The van der Waals surface area contributed by atoms with Crippen molar-refractivity contribution in [2.75, 3.05) is 20.8 Å². The van der Waals surface area contributed by atoms with Crippen molar-refractivity contribution in [3.05, 3.63) is 24.1 Å². The van der Waals surface area contributed by atoms with Gasteiger partial charge in [-0.25, -0.2) is 0 Å². The molecule has 0 saturated carbocycles. The number of aryl methyl sites for hydroxylation is 1. The zero-order valence-corrected chi connectivity index (χ0v) is 17.9. The molecule has 0 saturated heterocycles. The van der Waals surface area contributed by atoms with Crippen molar-refractivity contribution in [3.63, 3.8) is 0 Å². The second-order valence-electron chi connectivity index (χ2n) is 6.69. The van der Waals surface area contributed by atoms with Crippen LogP contribution in [-0.2, 0) is 11.2 Å². The monoisotopic (exact) mass is 421 g/mol. The Labute approximate surface area is 175 Å². The van der Waals surface area contributed by atoms with E-state index in [2.05, 4.69) is 40.2 Å². The number of rotatable bonds is 9. The van der Waals surface area contributed by atoms with Crippen molar-refractivity contribution in [3.8, 4) is 22.9 Å². The van der Waals surface area contributed by atoms with Gasteiger partial charge in [0.2, 0.25) is 17.6 Å². The molecular formula is C19H27N5O4S. The van der Waals surface area contributed by atoms with Gasteiger partial charge in [-0.05, 0) is 42.8 Å². The minimum absolute atomic E-state index is 0.176. The minimum atomic E-state index is -0.233. The highest BCUT2D eigenvalue weighted by atomic mass is 32.1. The number of benzene rings is 1. The Kier molecular flexibility index (Phi) is 8.66. The Bertz CT molecular complexity index is 825. The zero-order valence-electron chi connectivity index (χ0n) is 17.1. The van der Waals surface area contributed by atoms with Crippen molar-refractivity contribution in [2.45, 2.75) is 33.1 Å². The summed E-state index contributed by atoms with van der Waals surface area (Å²) in [6.07, 6.45) is 1.48. The number of aromatic nitrogens is 2. The van der Waals surface area contributed by atoms with Gasteiger partial charge in [-0.1, -0.05) is 19.0 Å². The Hall–Kier alpha value is -2.88. The number of amides is 1. The molecule has 0 unspecified atom stereocenters. The molecule has 1 aromatic carbocycles. The maximum Gasteiger partial charge on any atom is 0.238 e. The first-order valence-corrected chi connectivity index (χ1v) is 9.71. The summed E-state index contributed by atoms with van der Waals surface area (Å²) in [5.74, 6) is 2.31. The van der Waals surface area contributed by atoms with E-state index in [-0.39, 0.29) is 12.3 Å². The fourth-order valence-corrected chi connectivity index (χ4v) is 2.53. The molecule has 1 aromatic heterocycles. The van der Waals surface area contributed by atoms with Gasteiger partial charge in [-0.15, -0.1) is 0 Å². The number of hydrogen-bond donors (Lipinski definition) is 3. The molecule has 2 rings (SSSR count). The number of hydrogen-bond acceptors (Lipinski definition) is 7. The van der Waals surface area contributed by atoms with Gasteiger partial charge in [0.1, 0.15) is 0 Å². The van der Waals surface area contributed by atoms with Crippen molar-refractivity contribution in [2.24, 2.45) is 5.92 Å². The Morgan fingerprint density at radius 3 is 2.66 bits per heavy atom. The first-order chi connectivity index (χ1) is 13.9. The number of carbonyl (C=O) groups excluding carboxylic acids is 1. The first-order valence-electron chi connectivity index (χ1n) is 9.30. The summed E-state index contributed by atoms with van der Waals surface area (Å²) < 4.78 is 15.7. The number of ether oxygens (including phenoxy) is 2. The molecule has 9 nitrogen and oxygen atoms in total. The highest BCUT2D eigenvalue weighted by molar-refractivity contribution is 7.80. The van der Waals surface area contributed by atoms with Crippen LogP contribution in [0.5, 0.6) is 11.5 Å². The fraction of sp³-hybridized carbons (Fsp3) is 0.474. The Morgan fingerprint density at radius 2 is 1.97 bits per heavy atom. The summed E-state index contributed by atoms with van der Waals surface area (Å²) in [5, 5.41) is 7.37. The number of thiocarbonyl (C=S) groups is 1. The summed E-state index contributed by atoms with van der Waals surface area (Å²) in [4.78, 5) is 16.3. The molecular weight excluding hydrogens is 394 g/mol. The van der Waals surface area contributed by atoms with Crippen LogP contribution in [0.1, 0.15) is 32.6 Å². The van der Waals surface area contributed by atoms with Crippen LogP contribution in [0.2, 0.25) is 0 Å². The molecule has 1 heterocycles. The van der Waals surface area contributed by atoms with E-state index < -0.39 is 0 Å². The van der Waals surface area contributed by atoms with Crippen molar-refractivity contribution >= 4 is 23.2 Å². The summed E-state index contributed by atoms with van der Waals surface area (Å²) in [5.41, 5.74) is 5.94. The van der Waals surface area contributed by atoms with E-state index in [9.17, 15) is 4.79 Å². The van der Waals surface area contributed by atoms with Crippen LogP contribution < -0.4 is 25.6 Å². The SMILES string of the molecule is COc1ccc(-c2noc(CCC(=O)NNC(=S)NCCC(C)C)n2)cc1OC. The first kappa shape index (κ1) is 22.4. The number of nitrogens with zero attached hydrogens (tertiary/aromatic N) is 2.